The van der Waals surface area contributed by atoms with Crippen molar-refractivity contribution in [2.24, 2.45) is 0 Å². The number of benzene rings is 2. The number of carbonyl (C=O) groups excluding carboxylic acids is 1. The molecule has 41 heavy (non-hydrogen) atoms. The SMILES string of the molecule is C=CC(=O)N1CCN(c2nc(=O)n3c4c(c(-c5ccc(F)cc5F)c(Cl)cc24)OCC3CN2CCC2)C[C@@H]1CC#N. The third-order valence-corrected chi connectivity index (χ3v) is 8.36. The third kappa shape index (κ3) is 4.71. The molecule has 1 aromatic heterocycles. The number of aromatic nitrogens is 2. The number of piperazine rings is 1. The van der Waals surface area contributed by atoms with Crippen molar-refractivity contribution in [2.45, 2.75) is 24.9 Å². The van der Waals surface area contributed by atoms with E-state index in [9.17, 15) is 19.2 Å². The molecule has 2 atom stereocenters. The second kappa shape index (κ2) is 10.8. The van der Waals surface area contributed by atoms with Gasteiger partial charge in [0.25, 0.3) is 0 Å². The predicted molar refractivity (Wildman–Crippen MR) is 150 cm³/mol. The number of halogens is 3. The van der Waals surface area contributed by atoms with E-state index >= 15 is 4.39 Å². The minimum atomic E-state index is -0.806. The van der Waals surface area contributed by atoms with Gasteiger partial charge in [-0.2, -0.15) is 10.2 Å². The average Bonchev–Trinajstić information content (AvgIpc) is 2.93. The maximum atomic E-state index is 15.0. The van der Waals surface area contributed by atoms with Gasteiger partial charge in [0.1, 0.15) is 24.1 Å². The van der Waals surface area contributed by atoms with Crippen LogP contribution in [0.4, 0.5) is 14.6 Å². The number of carbonyl (C=O) groups is 1. The number of hydrogen-bond donors (Lipinski definition) is 0. The highest BCUT2D eigenvalue weighted by Gasteiger charge is 2.35. The highest BCUT2D eigenvalue weighted by molar-refractivity contribution is 6.35. The van der Waals surface area contributed by atoms with Gasteiger partial charge in [-0.3, -0.25) is 9.36 Å². The van der Waals surface area contributed by atoms with Gasteiger partial charge >= 0.3 is 5.69 Å². The second-order valence-corrected chi connectivity index (χ2v) is 10.9. The fourth-order valence-corrected chi connectivity index (χ4v) is 6.27. The van der Waals surface area contributed by atoms with Crippen molar-refractivity contribution in [1.29, 1.82) is 5.26 Å². The molecule has 0 radical (unpaired) electrons. The van der Waals surface area contributed by atoms with Gasteiger partial charge < -0.3 is 19.4 Å². The standard InChI is InChI=1S/C29H27ClF2N6O3/c1-2-24(39)37-11-10-36(15-18(37)6-7-33)28-21-13-22(30)25(20-5-4-17(31)12-23(20)32)27-26(21)38(29(40)34-28)19(16-41-27)14-35-8-3-9-35/h2,4-5,12-13,18-19H,1,3,6,8-11,14-16H2/t18-,19?/m0/s1. The zero-order valence-electron chi connectivity index (χ0n) is 22.2. The van der Waals surface area contributed by atoms with Crippen LogP contribution in [0, 0.1) is 23.0 Å². The Balaban J connectivity index is 1.54. The van der Waals surface area contributed by atoms with Gasteiger partial charge in [0.2, 0.25) is 5.91 Å². The topological polar surface area (TPSA) is 94.7 Å². The molecular formula is C29H27ClF2N6O3. The van der Waals surface area contributed by atoms with E-state index in [2.05, 4.69) is 22.5 Å². The van der Waals surface area contributed by atoms with Crippen molar-refractivity contribution >= 4 is 34.2 Å². The van der Waals surface area contributed by atoms with E-state index in [0.29, 0.717) is 36.4 Å². The molecular weight excluding hydrogens is 554 g/mol. The smallest absolute Gasteiger partial charge is 0.350 e. The molecule has 1 unspecified atom stereocenters. The first-order valence-corrected chi connectivity index (χ1v) is 13.8. The van der Waals surface area contributed by atoms with E-state index in [-0.39, 0.29) is 53.4 Å². The Morgan fingerprint density at radius 2 is 2.02 bits per heavy atom. The molecule has 2 saturated heterocycles. The van der Waals surface area contributed by atoms with Crippen molar-refractivity contribution < 1.29 is 18.3 Å². The molecule has 2 fully saturated rings. The van der Waals surface area contributed by atoms with Crippen LogP contribution in [0.15, 0.2) is 41.7 Å². The molecule has 4 heterocycles. The fraction of sp³-hybridized carbons (Fsp3) is 0.379. The first-order chi connectivity index (χ1) is 19.8. The summed E-state index contributed by atoms with van der Waals surface area (Å²) in [5.74, 6) is -1.23. The average molecular weight is 581 g/mol. The lowest BCUT2D eigenvalue weighted by atomic mass is 9.99. The lowest BCUT2D eigenvalue weighted by Gasteiger charge is -2.41. The summed E-state index contributed by atoms with van der Waals surface area (Å²) in [7, 11) is 0. The number of nitriles is 1. The van der Waals surface area contributed by atoms with E-state index in [0.717, 1.165) is 31.6 Å². The molecule has 212 valence electrons. The van der Waals surface area contributed by atoms with Crippen molar-refractivity contribution in [3.05, 3.63) is 64.1 Å². The third-order valence-electron chi connectivity index (χ3n) is 8.07. The van der Waals surface area contributed by atoms with E-state index in [1.165, 1.54) is 12.1 Å². The predicted octanol–water partition coefficient (Wildman–Crippen LogP) is 3.75. The Hall–Kier alpha value is -4.01. The number of ether oxygens (including phenoxy) is 1. The molecule has 3 aromatic rings. The minimum Gasteiger partial charge on any atom is -0.488 e. The first-order valence-electron chi connectivity index (χ1n) is 13.4. The van der Waals surface area contributed by atoms with Gasteiger partial charge in [0, 0.05) is 48.8 Å². The Kier molecular flexibility index (Phi) is 7.13. The van der Waals surface area contributed by atoms with Crippen LogP contribution in [0.2, 0.25) is 5.02 Å². The summed E-state index contributed by atoms with van der Waals surface area (Å²) in [6.45, 7) is 7.07. The van der Waals surface area contributed by atoms with Crippen LogP contribution in [-0.2, 0) is 4.79 Å². The van der Waals surface area contributed by atoms with Crippen LogP contribution in [-0.4, -0.2) is 77.2 Å². The van der Waals surface area contributed by atoms with Crippen LogP contribution >= 0.6 is 11.6 Å². The summed E-state index contributed by atoms with van der Waals surface area (Å²) < 4.78 is 36.7. The zero-order chi connectivity index (χ0) is 28.8. The van der Waals surface area contributed by atoms with Crippen LogP contribution in [0.5, 0.6) is 5.75 Å². The molecule has 3 aliphatic heterocycles. The Morgan fingerprint density at radius 3 is 2.71 bits per heavy atom. The van der Waals surface area contributed by atoms with Gasteiger partial charge in [-0.1, -0.05) is 18.2 Å². The number of amides is 1. The molecule has 1 amide bonds. The molecule has 0 spiro atoms. The highest BCUT2D eigenvalue weighted by atomic mass is 35.5. The normalized spacial score (nSPS) is 20.3. The summed E-state index contributed by atoms with van der Waals surface area (Å²) >= 11 is 6.79. The van der Waals surface area contributed by atoms with Crippen molar-refractivity contribution in [2.75, 3.05) is 50.8 Å². The Labute approximate surface area is 239 Å². The van der Waals surface area contributed by atoms with E-state index in [1.807, 2.05) is 4.90 Å². The zero-order valence-corrected chi connectivity index (χ0v) is 22.9. The molecule has 2 aromatic carbocycles. The van der Waals surface area contributed by atoms with Gasteiger partial charge in [0.15, 0.2) is 5.75 Å². The van der Waals surface area contributed by atoms with Gasteiger partial charge in [-0.15, -0.1) is 0 Å². The minimum absolute atomic E-state index is 0.0532. The molecule has 0 aliphatic carbocycles. The van der Waals surface area contributed by atoms with E-state index in [4.69, 9.17) is 16.3 Å². The molecule has 0 saturated carbocycles. The lowest BCUT2D eigenvalue weighted by molar-refractivity contribution is -0.128. The summed E-state index contributed by atoms with van der Waals surface area (Å²) in [5.41, 5.74) is 0.226. The van der Waals surface area contributed by atoms with Crippen molar-refractivity contribution in [3.8, 4) is 22.9 Å². The maximum absolute atomic E-state index is 15.0. The lowest BCUT2D eigenvalue weighted by Crippen LogP contribution is -2.55. The molecule has 12 heteroatoms. The van der Waals surface area contributed by atoms with Crippen LogP contribution in [0.3, 0.4) is 0 Å². The number of hydrogen-bond acceptors (Lipinski definition) is 7. The summed E-state index contributed by atoms with van der Waals surface area (Å²) in [6, 6.07) is 6.22. The van der Waals surface area contributed by atoms with Crippen molar-refractivity contribution in [3.63, 3.8) is 0 Å². The summed E-state index contributed by atoms with van der Waals surface area (Å²) in [4.78, 5) is 36.4. The Bertz CT molecular complexity index is 1670. The Morgan fingerprint density at radius 1 is 1.22 bits per heavy atom. The molecule has 3 aliphatic rings. The molecule has 0 bridgehead atoms. The van der Waals surface area contributed by atoms with Gasteiger partial charge in [-0.05, 0) is 43.8 Å². The van der Waals surface area contributed by atoms with E-state index < -0.39 is 23.4 Å². The van der Waals surface area contributed by atoms with Crippen molar-refractivity contribution in [1.82, 2.24) is 19.4 Å². The number of anilines is 1. The van der Waals surface area contributed by atoms with Gasteiger partial charge in [-0.25, -0.2) is 13.6 Å². The number of nitrogens with zero attached hydrogens (tertiary/aromatic N) is 6. The molecule has 0 N–H and O–H groups in total. The fourth-order valence-electron chi connectivity index (χ4n) is 5.98. The van der Waals surface area contributed by atoms with E-state index in [1.54, 1.807) is 15.5 Å². The largest absolute Gasteiger partial charge is 0.488 e. The summed E-state index contributed by atoms with van der Waals surface area (Å²) in [6.07, 6.45) is 2.39. The van der Waals surface area contributed by atoms with Crippen LogP contribution in [0.25, 0.3) is 22.0 Å². The number of rotatable bonds is 6. The molecule has 6 rings (SSSR count). The van der Waals surface area contributed by atoms with Crippen LogP contribution < -0.4 is 15.3 Å². The first kappa shape index (κ1) is 27.2. The number of likely N-dealkylation sites (tertiary alicyclic amines) is 1. The summed E-state index contributed by atoms with van der Waals surface area (Å²) in [5, 5.41) is 10.1. The van der Waals surface area contributed by atoms with Crippen LogP contribution in [0.1, 0.15) is 18.9 Å². The highest BCUT2D eigenvalue weighted by Crippen LogP contribution is 2.47. The second-order valence-electron chi connectivity index (χ2n) is 10.5. The molecule has 9 nitrogen and oxygen atoms in total. The maximum Gasteiger partial charge on any atom is 0.350 e. The quantitative estimate of drug-likeness (QED) is 0.410. The van der Waals surface area contributed by atoms with Gasteiger partial charge in [0.05, 0.1) is 35.1 Å². The monoisotopic (exact) mass is 580 g/mol.